The summed E-state index contributed by atoms with van der Waals surface area (Å²) < 4.78 is 94.7. The van der Waals surface area contributed by atoms with Crippen LogP contribution in [0.15, 0.2) is 25.3 Å². The zero-order valence-corrected chi connectivity index (χ0v) is 25.9. The van der Waals surface area contributed by atoms with Gasteiger partial charge >= 0.3 is 13.6 Å². The SMILES string of the molecule is Cc1ncnc2c1ncn2[C@@H]1O[C@@H]2CO[P@@](=O)(S)O[C@H]3[C@H](F)[C@H](n4cnc5c(N)ncnc54)O[C@@H]3CO[P@@](=O)(S)O[C@H]2[C@@H]1F. The summed E-state index contributed by atoms with van der Waals surface area (Å²) in [7, 11) is 0. The van der Waals surface area contributed by atoms with Gasteiger partial charge in [-0.25, -0.2) is 47.8 Å². The maximum atomic E-state index is 16.0. The summed E-state index contributed by atoms with van der Waals surface area (Å²) in [5.41, 5.74) is 7.41. The second-order valence-corrected chi connectivity index (χ2v) is 15.8. The van der Waals surface area contributed by atoms with Gasteiger partial charge in [0, 0.05) is 0 Å². The largest absolute Gasteiger partial charge is 0.386 e. The van der Waals surface area contributed by atoms with Gasteiger partial charge in [0.05, 0.1) is 31.6 Å². The molecule has 7 rings (SSSR count). The number of imidazole rings is 2. The van der Waals surface area contributed by atoms with Crippen molar-refractivity contribution in [2.24, 2.45) is 0 Å². The molecule has 3 aliphatic rings. The average Bonchev–Trinajstić information content (AvgIpc) is 3.73. The Bertz CT molecular complexity index is 1710. The monoisotopic (exact) mass is 693 g/mol. The normalized spacial score (nSPS) is 38.3. The number of fused-ring (bicyclic) bond motifs is 4. The lowest BCUT2D eigenvalue weighted by Gasteiger charge is -2.28. The van der Waals surface area contributed by atoms with Crippen LogP contribution in [0.3, 0.4) is 0 Å². The smallest absolute Gasteiger partial charge is 0.382 e. The van der Waals surface area contributed by atoms with Gasteiger partial charge in [-0.2, -0.15) is 0 Å². The fourth-order valence-corrected chi connectivity index (χ4v) is 8.24. The maximum Gasteiger partial charge on any atom is 0.386 e. The van der Waals surface area contributed by atoms with E-state index in [4.69, 9.17) is 33.3 Å². The number of hydrogen-bond acceptors (Lipinski definition) is 15. The molecule has 0 saturated carbocycles. The lowest BCUT2D eigenvalue weighted by molar-refractivity contribution is -0.0544. The molecule has 236 valence electrons. The third kappa shape index (κ3) is 5.32. The fourth-order valence-electron chi connectivity index (χ4n) is 5.27. The van der Waals surface area contributed by atoms with Crippen molar-refractivity contribution < 1.29 is 45.5 Å². The fraction of sp³-hybridized carbons (Fsp3) is 0.524. The molecule has 3 saturated heterocycles. The molecule has 17 nitrogen and oxygen atoms in total. The van der Waals surface area contributed by atoms with Crippen LogP contribution in [0.1, 0.15) is 18.1 Å². The van der Waals surface area contributed by atoms with Crippen LogP contribution in [0.4, 0.5) is 14.6 Å². The Kier molecular flexibility index (Phi) is 7.71. The Morgan fingerprint density at radius 1 is 0.795 bits per heavy atom. The van der Waals surface area contributed by atoms with Gasteiger partial charge in [-0.3, -0.25) is 27.2 Å². The molecular weight excluding hydrogens is 670 g/mol. The molecule has 10 atom stereocenters. The van der Waals surface area contributed by atoms with Gasteiger partial charge in [0.1, 0.15) is 48.1 Å². The highest BCUT2D eigenvalue weighted by molar-refractivity contribution is 8.44. The Morgan fingerprint density at radius 2 is 1.27 bits per heavy atom. The van der Waals surface area contributed by atoms with Crippen LogP contribution in [0, 0.1) is 6.92 Å². The van der Waals surface area contributed by atoms with Crippen molar-refractivity contribution in [3.63, 3.8) is 0 Å². The number of nitrogens with two attached hydrogens (primary N) is 1. The molecule has 4 aromatic heterocycles. The zero-order valence-electron chi connectivity index (χ0n) is 22.3. The molecule has 7 heterocycles. The summed E-state index contributed by atoms with van der Waals surface area (Å²) in [6.45, 7) is -8.29. The molecule has 0 aliphatic carbocycles. The topological polar surface area (TPSA) is 203 Å². The van der Waals surface area contributed by atoms with E-state index in [2.05, 4.69) is 54.4 Å². The van der Waals surface area contributed by atoms with E-state index in [1.165, 1.54) is 28.1 Å². The van der Waals surface area contributed by atoms with Crippen molar-refractivity contribution in [2.45, 2.75) is 56.1 Å². The quantitative estimate of drug-likeness (QED) is 0.204. The summed E-state index contributed by atoms with van der Waals surface area (Å²) in [6.07, 6.45) is -7.70. The minimum absolute atomic E-state index is 0.0560. The van der Waals surface area contributed by atoms with E-state index >= 15 is 8.78 Å². The zero-order chi connectivity index (χ0) is 31.0. The van der Waals surface area contributed by atoms with E-state index in [1.54, 1.807) is 6.92 Å². The molecule has 3 aliphatic heterocycles. The summed E-state index contributed by atoms with van der Waals surface area (Å²) in [5.74, 6) is 0.0560. The van der Waals surface area contributed by atoms with Crippen molar-refractivity contribution in [2.75, 3.05) is 18.9 Å². The standard InChI is InChI=1S/C21H23F2N9O8P2S2/c1-8-13-18(27-4-25-8)31(6-29-13)20-11(22)15-9(37-20)2-35-42(34,44)40-16-10(3-36-41(33,43)39-15)38-21(12(16)23)32-7-30-14-17(24)26-5-28-19(14)32/h4-7,9-12,15-16,20-21H,2-3H2,1H3,(H,33,43)(H,34,44)(H2,24,26,28)/t9-,10-,11+,12+,15-,16-,20-,21-,41-,42-/m1/s1. The van der Waals surface area contributed by atoms with Gasteiger partial charge in [-0.05, 0) is 6.92 Å². The molecule has 44 heavy (non-hydrogen) atoms. The number of rotatable bonds is 2. The van der Waals surface area contributed by atoms with Gasteiger partial charge in [-0.1, -0.05) is 24.5 Å². The van der Waals surface area contributed by atoms with Crippen LogP contribution in [-0.2, 0) is 36.7 Å². The first-order chi connectivity index (χ1) is 20.9. The lowest BCUT2D eigenvalue weighted by Crippen LogP contribution is -2.36. The number of hydrogen-bond donors (Lipinski definition) is 3. The predicted molar refractivity (Wildman–Crippen MR) is 152 cm³/mol. The van der Waals surface area contributed by atoms with Gasteiger partial charge < -0.3 is 15.2 Å². The highest BCUT2D eigenvalue weighted by Gasteiger charge is 2.54. The Balaban J connectivity index is 1.17. The molecule has 3 fully saturated rings. The van der Waals surface area contributed by atoms with Crippen molar-refractivity contribution >= 4 is 66.2 Å². The van der Waals surface area contributed by atoms with Crippen LogP contribution in [0.5, 0.6) is 0 Å². The summed E-state index contributed by atoms with van der Waals surface area (Å²) in [6, 6.07) is 0. The molecule has 4 aromatic rings. The molecule has 0 aromatic carbocycles. The second kappa shape index (κ2) is 11.2. The van der Waals surface area contributed by atoms with Gasteiger partial charge in [0.2, 0.25) is 0 Å². The van der Waals surface area contributed by atoms with Crippen molar-refractivity contribution in [3.05, 3.63) is 31.0 Å². The maximum absolute atomic E-state index is 16.0. The Morgan fingerprint density at radius 3 is 1.82 bits per heavy atom. The Labute approximate surface area is 256 Å². The van der Waals surface area contributed by atoms with Crippen molar-refractivity contribution in [1.29, 1.82) is 0 Å². The highest BCUT2D eigenvalue weighted by Crippen LogP contribution is 2.60. The van der Waals surface area contributed by atoms with E-state index < -0.39 is 76.0 Å². The van der Waals surface area contributed by atoms with Crippen LogP contribution in [0.2, 0.25) is 0 Å². The molecule has 2 N–H and O–H groups in total. The van der Waals surface area contributed by atoms with E-state index in [0.29, 0.717) is 11.2 Å². The van der Waals surface area contributed by atoms with Crippen LogP contribution < -0.4 is 5.73 Å². The van der Waals surface area contributed by atoms with Crippen molar-refractivity contribution in [1.82, 2.24) is 39.0 Å². The average molecular weight is 694 g/mol. The minimum atomic E-state index is -4.37. The van der Waals surface area contributed by atoms with E-state index in [1.807, 2.05) is 0 Å². The molecule has 0 spiro atoms. The van der Waals surface area contributed by atoms with Crippen LogP contribution >= 0.6 is 38.1 Å². The number of nitrogen functional groups attached to an aromatic ring is 1. The predicted octanol–water partition coefficient (Wildman–Crippen LogP) is 2.92. The molecule has 0 amide bonds. The first-order valence-corrected chi connectivity index (χ1v) is 18.3. The highest BCUT2D eigenvalue weighted by atomic mass is 32.7. The lowest BCUT2D eigenvalue weighted by atomic mass is 10.1. The number of halogens is 2. The van der Waals surface area contributed by atoms with E-state index in [9.17, 15) is 9.13 Å². The van der Waals surface area contributed by atoms with Gasteiger partial charge in [-0.15, -0.1) is 0 Å². The van der Waals surface area contributed by atoms with Crippen molar-refractivity contribution in [3.8, 4) is 0 Å². The number of alkyl halides is 2. The summed E-state index contributed by atoms with van der Waals surface area (Å²) in [5, 5.41) is 0. The van der Waals surface area contributed by atoms with E-state index in [-0.39, 0.29) is 22.6 Å². The number of aryl methyl sites for hydroxylation is 1. The number of aromatic nitrogens is 8. The number of ether oxygens (including phenoxy) is 2. The second-order valence-electron chi connectivity index (χ2n) is 10.1. The van der Waals surface area contributed by atoms with Gasteiger partial charge in [0.15, 0.2) is 41.9 Å². The van der Waals surface area contributed by atoms with E-state index in [0.717, 1.165) is 6.33 Å². The van der Waals surface area contributed by atoms with Gasteiger partial charge in [0.25, 0.3) is 0 Å². The number of thiol groups is 2. The molecule has 23 heteroatoms. The molecule has 0 bridgehead atoms. The first-order valence-electron chi connectivity index (χ1n) is 12.9. The first kappa shape index (κ1) is 30.3. The molecular formula is C21H23F2N9O8P2S2. The van der Waals surface area contributed by atoms with Crippen LogP contribution in [0.25, 0.3) is 22.3 Å². The molecule has 0 radical (unpaired) electrons. The van der Waals surface area contributed by atoms with Crippen LogP contribution in [-0.4, -0.2) is 89.0 Å². The molecule has 0 unspecified atom stereocenters. The summed E-state index contributed by atoms with van der Waals surface area (Å²) in [4.78, 5) is 24.5. The minimum Gasteiger partial charge on any atom is -0.382 e. The third-order valence-corrected chi connectivity index (χ3v) is 10.6. The Hall–Kier alpha value is -2.32. The number of nitrogens with zero attached hydrogens (tertiary/aromatic N) is 8. The number of anilines is 1. The third-order valence-electron chi connectivity index (χ3n) is 7.32. The summed E-state index contributed by atoms with van der Waals surface area (Å²) >= 11 is 8.02.